The fraction of sp³-hybridized carbons (Fsp3) is 0.294. The van der Waals surface area contributed by atoms with Crippen LogP contribution in [0.3, 0.4) is 0 Å². The molecule has 4 nitrogen and oxygen atoms in total. The van der Waals surface area contributed by atoms with Crippen molar-refractivity contribution in [3.05, 3.63) is 112 Å². The number of rotatable bonds is 6. The summed E-state index contributed by atoms with van der Waals surface area (Å²) in [4.78, 5) is 6.68. The zero-order valence-corrected chi connectivity index (χ0v) is 23.0. The van der Waals surface area contributed by atoms with Crippen LogP contribution in [0.5, 0.6) is 0 Å². The van der Waals surface area contributed by atoms with Gasteiger partial charge in [-0.2, -0.15) is 5.26 Å². The molecule has 40 heavy (non-hydrogen) atoms. The maximum absolute atomic E-state index is 14.7. The molecular weight excluding hydrogens is 521 g/mol. The summed E-state index contributed by atoms with van der Waals surface area (Å²) in [5.41, 5.74) is 8.73. The molecule has 0 saturated carbocycles. The number of aromatic nitrogens is 1. The van der Waals surface area contributed by atoms with Crippen LogP contribution in [0, 0.1) is 17.1 Å². The summed E-state index contributed by atoms with van der Waals surface area (Å²) >= 11 is 6.97. The zero-order valence-electron chi connectivity index (χ0n) is 22.3. The van der Waals surface area contributed by atoms with Crippen LogP contribution in [0.4, 0.5) is 4.39 Å². The first-order valence-electron chi connectivity index (χ1n) is 13.9. The van der Waals surface area contributed by atoms with Gasteiger partial charge < -0.3 is 5.11 Å². The highest BCUT2D eigenvalue weighted by molar-refractivity contribution is 6.31. The summed E-state index contributed by atoms with van der Waals surface area (Å²) in [5, 5.41) is 20.2. The van der Waals surface area contributed by atoms with E-state index in [1.807, 2.05) is 36.5 Å². The van der Waals surface area contributed by atoms with Gasteiger partial charge in [0.05, 0.1) is 11.7 Å². The van der Waals surface area contributed by atoms with E-state index in [0.29, 0.717) is 11.1 Å². The van der Waals surface area contributed by atoms with E-state index in [2.05, 4.69) is 34.2 Å². The Bertz CT molecular complexity index is 1590. The van der Waals surface area contributed by atoms with Gasteiger partial charge in [-0.05, 0) is 95.7 Å². The molecule has 1 fully saturated rings. The van der Waals surface area contributed by atoms with Crippen molar-refractivity contribution in [1.82, 2.24) is 9.88 Å². The predicted molar refractivity (Wildman–Crippen MR) is 157 cm³/mol. The van der Waals surface area contributed by atoms with Crippen LogP contribution < -0.4 is 0 Å². The first kappa shape index (κ1) is 26.7. The van der Waals surface area contributed by atoms with E-state index in [9.17, 15) is 14.8 Å². The molecule has 2 aliphatic rings. The Kier molecular flexibility index (Phi) is 7.67. The largest absolute Gasteiger partial charge is 0.393 e. The highest BCUT2D eigenvalue weighted by atomic mass is 35.5. The number of halogens is 2. The van der Waals surface area contributed by atoms with E-state index in [0.717, 1.165) is 84.6 Å². The first-order chi connectivity index (χ1) is 19.5. The number of piperidine rings is 1. The van der Waals surface area contributed by atoms with Crippen LogP contribution in [-0.2, 0) is 19.4 Å². The second kappa shape index (κ2) is 11.5. The number of aliphatic hydroxyl groups excluding tert-OH is 1. The maximum atomic E-state index is 14.7. The van der Waals surface area contributed by atoms with Crippen molar-refractivity contribution < 1.29 is 9.50 Å². The van der Waals surface area contributed by atoms with E-state index in [-0.39, 0.29) is 17.8 Å². The quantitative estimate of drug-likeness (QED) is 0.273. The number of hydrogen-bond donors (Lipinski definition) is 1. The normalized spacial score (nSPS) is 17.5. The molecule has 0 spiro atoms. The van der Waals surface area contributed by atoms with Crippen LogP contribution in [0.25, 0.3) is 22.3 Å². The second-order valence-corrected chi connectivity index (χ2v) is 11.4. The predicted octanol–water partition coefficient (Wildman–Crippen LogP) is 7.31. The minimum atomic E-state index is -0.230. The average molecular weight is 552 g/mol. The summed E-state index contributed by atoms with van der Waals surface area (Å²) in [6, 6.07) is 21.5. The molecule has 1 N–H and O–H groups in total. The fourth-order valence-corrected chi connectivity index (χ4v) is 6.60. The third-order valence-corrected chi connectivity index (χ3v) is 8.78. The molecular formula is C34H31ClFN3O. The highest BCUT2D eigenvalue weighted by Crippen LogP contribution is 2.42. The lowest BCUT2D eigenvalue weighted by atomic mass is 9.89. The molecule has 4 aromatic rings. The van der Waals surface area contributed by atoms with Gasteiger partial charge in [-0.15, -0.1) is 0 Å². The van der Waals surface area contributed by atoms with Gasteiger partial charge in [-0.25, -0.2) is 4.39 Å². The first-order valence-corrected chi connectivity index (χ1v) is 14.3. The van der Waals surface area contributed by atoms with Crippen LogP contribution in [0.15, 0.2) is 73.1 Å². The zero-order chi connectivity index (χ0) is 27.6. The van der Waals surface area contributed by atoms with Gasteiger partial charge in [0.25, 0.3) is 0 Å². The van der Waals surface area contributed by atoms with Gasteiger partial charge in [-0.1, -0.05) is 48.0 Å². The molecule has 1 aromatic heterocycles. The molecule has 3 aromatic carbocycles. The van der Waals surface area contributed by atoms with Gasteiger partial charge in [0.1, 0.15) is 11.9 Å². The number of pyridine rings is 1. The molecule has 1 aliphatic carbocycles. The number of likely N-dealkylation sites (tertiary alicyclic amines) is 1. The van der Waals surface area contributed by atoms with Gasteiger partial charge in [0, 0.05) is 48.2 Å². The van der Waals surface area contributed by atoms with Crippen molar-refractivity contribution in [3.8, 4) is 28.3 Å². The molecule has 0 bridgehead atoms. The molecule has 6 heteroatoms. The van der Waals surface area contributed by atoms with Crippen LogP contribution >= 0.6 is 11.6 Å². The minimum Gasteiger partial charge on any atom is -0.393 e. The summed E-state index contributed by atoms with van der Waals surface area (Å²) in [6.07, 6.45) is 7.35. The summed E-state index contributed by atoms with van der Waals surface area (Å²) < 4.78 is 14.7. The molecule has 0 amide bonds. The Morgan fingerprint density at radius 1 is 0.950 bits per heavy atom. The molecule has 0 unspecified atom stereocenters. The van der Waals surface area contributed by atoms with Gasteiger partial charge in [0.15, 0.2) is 0 Å². The highest BCUT2D eigenvalue weighted by Gasteiger charge is 2.27. The summed E-state index contributed by atoms with van der Waals surface area (Å²) in [6.45, 7) is 2.39. The van der Waals surface area contributed by atoms with E-state index in [1.54, 1.807) is 12.3 Å². The minimum absolute atomic E-state index is 0.195. The monoisotopic (exact) mass is 551 g/mol. The summed E-state index contributed by atoms with van der Waals surface area (Å²) in [7, 11) is 0. The third-order valence-electron chi connectivity index (χ3n) is 8.43. The fourth-order valence-electron chi connectivity index (χ4n) is 6.33. The maximum Gasteiger partial charge on any atom is 0.131 e. The lowest BCUT2D eigenvalue weighted by molar-refractivity contribution is 0.0793. The van der Waals surface area contributed by atoms with Crippen molar-refractivity contribution in [2.24, 2.45) is 0 Å². The van der Waals surface area contributed by atoms with E-state index < -0.39 is 0 Å². The van der Waals surface area contributed by atoms with Crippen molar-refractivity contribution in [2.45, 2.75) is 50.7 Å². The number of hydrogen-bond acceptors (Lipinski definition) is 4. The van der Waals surface area contributed by atoms with Crippen LogP contribution in [0.2, 0.25) is 5.02 Å². The number of aliphatic hydroxyl groups is 1. The number of fused-ring (bicyclic) bond motifs is 1. The second-order valence-electron chi connectivity index (χ2n) is 11.0. The van der Waals surface area contributed by atoms with Gasteiger partial charge >= 0.3 is 0 Å². The van der Waals surface area contributed by atoms with E-state index >= 15 is 0 Å². The molecule has 1 saturated heterocycles. The van der Waals surface area contributed by atoms with Crippen molar-refractivity contribution in [1.29, 1.82) is 5.26 Å². The lowest BCUT2D eigenvalue weighted by Gasteiger charge is -2.30. The van der Waals surface area contributed by atoms with E-state index in [1.165, 1.54) is 17.2 Å². The molecule has 6 rings (SSSR count). The topological polar surface area (TPSA) is 60.2 Å². The Hall–Kier alpha value is -3.56. The average Bonchev–Trinajstić information content (AvgIpc) is 3.39. The number of nitrogens with zero attached hydrogens (tertiary/aromatic N) is 3. The molecule has 2 heterocycles. The molecule has 202 valence electrons. The number of benzene rings is 3. The van der Waals surface area contributed by atoms with Crippen molar-refractivity contribution >= 4 is 11.6 Å². The standard InChI is InChI=1S/C34H31ClFN3O/c35-33-17-26(21-39-12-10-27(40)11-13-39)32(25-14-22(18-37)19-38-20-25)16-24(33)15-23-8-9-30-28(23)5-3-6-29(30)31-4-1-2-7-34(31)36/h1-7,14,16-17,19-20,23,27,40H,8-13,15,21H2/t23-/m1/s1. The summed E-state index contributed by atoms with van der Waals surface area (Å²) in [5.74, 6) is 0.0872. The third kappa shape index (κ3) is 5.40. The van der Waals surface area contributed by atoms with Crippen LogP contribution in [-0.4, -0.2) is 34.2 Å². The van der Waals surface area contributed by atoms with Crippen molar-refractivity contribution in [2.75, 3.05) is 13.1 Å². The number of nitriles is 1. The lowest BCUT2D eigenvalue weighted by Crippen LogP contribution is -2.35. The molecule has 1 aliphatic heterocycles. The molecule has 0 radical (unpaired) electrons. The smallest absolute Gasteiger partial charge is 0.131 e. The Morgan fingerprint density at radius 2 is 1.75 bits per heavy atom. The Labute approximate surface area is 239 Å². The van der Waals surface area contributed by atoms with E-state index in [4.69, 9.17) is 11.6 Å². The Morgan fingerprint density at radius 3 is 2.55 bits per heavy atom. The Balaban J connectivity index is 1.35. The van der Waals surface area contributed by atoms with Gasteiger partial charge in [0.2, 0.25) is 0 Å². The SMILES string of the molecule is N#Cc1cncc(-c2cc(C[C@H]3CCc4c(-c5ccccc5F)cccc43)c(Cl)cc2CN2CCC(O)CC2)c1. The van der Waals surface area contributed by atoms with Gasteiger partial charge in [-0.3, -0.25) is 9.88 Å². The molecule has 1 atom stereocenters. The van der Waals surface area contributed by atoms with Crippen LogP contribution in [0.1, 0.15) is 53.0 Å². The van der Waals surface area contributed by atoms with Crippen molar-refractivity contribution in [3.63, 3.8) is 0 Å².